The summed E-state index contributed by atoms with van der Waals surface area (Å²) in [5, 5.41) is 2.70. The average Bonchev–Trinajstić information content (AvgIpc) is 2.19. The normalized spacial score (nSPS) is 12.1. The van der Waals surface area contributed by atoms with Gasteiger partial charge in [0.25, 0.3) is 0 Å². The van der Waals surface area contributed by atoms with Gasteiger partial charge in [0.2, 0.25) is 5.91 Å². The molecule has 1 aromatic rings. The van der Waals surface area contributed by atoms with Crippen LogP contribution in [0.1, 0.15) is 12.5 Å². The minimum absolute atomic E-state index is 0.0867. The number of carbonyl (C=O) groups excluding carboxylic acids is 1. The van der Waals surface area contributed by atoms with Crippen molar-refractivity contribution in [2.24, 2.45) is 5.73 Å². The van der Waals surface area contributed by atoms with Gasteiger partial charge >= 0.3 is 0 Å². The van der Waals surface area contributed by atoms with E-state index < -0.39 is 6.04 Å². The van der Waals surface area contributed by atoms with E-state index in [0.717, 1.165) is 5.56 Å². The van der Waals surface area contributed by atoms with Crippen LogP contribution in [0, 0.1) is 0 Å². The molecule has 1 atom stereocenters. The SMILES string of the molecule is CCNC(=O)[C@H](N)Cc1ccccc1. The zero-order chi connectivity index (χ0) is 10.4. The summed E-state index contributed by atoms with van der Waals surface area (Å²) in [4.78, 5) is 11.3. The summed E-state index contributed by atoms with van der Waals surface area (Å²) in [5.41, 5.74) is 6.81. The lowest BCUT2D eigenvalue weighted by atomic mass is 10.1. The van der Waals surface area contributed by atoms with E-state index in [-0.39, 0.29) is 5.91 Å². The van der Waals surface area contributed by atoms with Crippen LogP contribution in [0.2, 0.25) is 0 Å². The fourth-order valence-corrected chi connectivity index (χ4v) is 1.27. The molecule has 1 amide bonds. The van der Waals surface area contributed by atoms with Gasteiger partial charge in [0, 0.05) is 6.54 Å². The highest BCUT2D eigenvalue weighted by molar-refractivity contribution is 5.81. The molecular formula is C11H16N2O. The van der Waals surface area contributed by atoms with Crippen LogP contribution < -0.4 is 11.1 Å². The standard InChI is InChI=1S/C11H16N2O/c1-2-13-11(14)10(12)8-9-6-4-3-5-7-9/h3-7,10H,2,8,12H2,1H3,(H,13,14)/t10-/m1/s1. The summed E-state index contributed by atoms with van der Waals surface area (Å²) >= 11 is 0. The highest BCUT2D eigenvalue weighted by atomic mass is 16.2. The minimum atomic E-state index is -0.447. The third-order valence-electron chi connectivity index (χ3n) is 1.99. The number of rotatable bonds is 4. The molecule has 14 heavy (non-hydrogen) atoms. The van der Waals surface area contributed by atoms with Crippen LogP contribution in [0.4, 0.5) is 0 Å². The number of likely N-dealkylation sites (N-methyl/N-ethyl adjacent to an activating group) is 1. The van der Waals surface area contributed by atoms with Crippen molar-refractivity contribution in [1.82, 2.24) is 5.32 Å². The Hall–Kier alpha value is -1.35. The fraction of sp³-hybridized carbons (Fsp3) is 0.364. The van der Waals surface area contributed by atoms with Crippen molar-refractivity contribution in [3.63, 3.8) is 0 Å². The first-order valence-corrected chi connectivity index (χ1v) is 4.81. The van der Waals surface area contributed by atoms with Gasteiger partial charge in [0.1, 0.15) is 0 Å². The zero-order valence-corrected chi connectivity index (χ0v) is 8.36. The summed E-state index contributed by atoms with van der Waals surface area (Å²) < 4.78 is 0. The Morgan fingerprint density at radius 2 is 2.07 bits per heavy atom. The van der Waals surface area contributed by atoms with E-state index in [0.29, 0.717) is 13.0 Å². The van der Waals surface area contributed by atoms with Crippen LogP contribution >= 0.6 is 0 Å². The highest BCUT2D eigenvalue weighted by Gasteiger charge is 2.12. The van der Waals surface area contributed by atoms with Crippen molar-refractivity contribution < 1.29 is 4.79 Å². The van der Waals surface area contributed by atoms with Crippen LogP contribution in [0.3, 0.4) is 0 Å². The van der Waals surface area contributed by atoms with Crippen molar-refractivity contribution in [2.75, 3.05) is 6.54 Å². The molecule has 0 radical (unpaired) electrons. The van der Waals surface area contributed by atoms with E-state index >= 15 is 0 Å². The first-order chi connectivity index (χ1) is 6.74. The van der Waals surface area contributed by atoms with Gasteiger partial charge in [-0.3, -0.25) is 4.79 Å². The molecule has 0 aliphatic rings. The second kappa shape index (κ2) is 5.40. The summed E-state index contributed by atoms with van der Waals surface area (Å²) in [6.45, 7) is 2.51. The largest absolute Gasteiger partial charge is 0.355 e. The van der Waals surface area contributed by atoms with E-state index in [1.807, 2.05) is 37.3 Å². The van der Waals surface area contributed by atoms with Crippen LogP contribution in [-0.2, 0) is 11.2 Å². The lowest BCUT2D eigenvalue weighted by molar-refractivity contribution is -0.122. The Balaban J connectivity index is 2.49. The molecule has 3 nitrogen and oxygen atoms in total. The number of amides is 1. The number of nitrogens with one attached hydrogen (secondary N) is 1. The van der Waals surface area contributed by atoms with Crippen molar-refractivity contribution in [3.8, 4) is 0 Å². The Labute approximate surface area is 84.3 Å². The maximum atomic E-state index is 11.3. The van der Waals surface area contributed by atoms with Gasteiger partial charge in [-0.2, -0.15) is 0 Å². The van der Waals surface area contributed by atoms with Crippen molar-refractivity contribution in [2.45, 2.75) is 19.4 Å². The van der Waals surface area contributed by atoms with E-state index in [1.54, 1.807) is 0 Å². The predicted molar refractivity (Wildman–Crippen MR) is 56.8 cm³/mol. The molecular weight excluding hydrogens is 176 g/mol. The van der Waals surface area contributed by atoms with E-state index in [2.05, 4.69) is 5.32 Å². The molecule has 1 rings (SSSR count). The number of nitrogens with two attached hydrogens (primary N) is 1. The summed E-state index contributed by atoms with van der Waals surface area (Å²) in [6, 6.07) is 9.33. The van der Waals surface area contributed by atoms with Crippen LogP contribution in [0.15, 0.2) is 30.3 Å². The van der Waals surface area contributed by atoms with Gasteiger partial charge in [-0.05, 0) is 18.9 Å². The third-order valence-corrected chi connectivity index (χ3v) is 1.99. The Kier molecular flexibility index (Phi) is 4.13. The van der Waals surface area contributed by atoms with Gasteiger partial charge in [0.05, 0.1) is 6.04 Å². The number of carbonyl (C=O) groups is 1. The molecule has 0 unspecified atom stereocenters. The number of hydrogen-bond donors (Lipinski definition) is 2. The summed E-state index contributed by atoms with van der Waals surface area (Å²) in [5.74, 6) is -0.0867. The zero-order valence-electron chi connectivity index (χ0n) is 8.36. The molecule has 3 N–H and O–H groups in total. The van der Waals surface area contributed by atoms with Crippen LogP contribution in [0.25, 0.3) is 0 Å². The lowest BCUT2D eigenvalue weighted by Gasteiger charge is -2.10. The van der Waals surface area contributed by atoms with Gasteiger partial charge in [-0.25, -0.2) is 0 Å². The topological polar surface area (TPSA) is 55.1 Å². The van der Waals surface area contributed by atoms with Gasteiger partial charge in [-0.15, -0.1) is 0 Å². The van der Waals surface area contributed by atoms with Gasteiger partial charge < -0.3 is 11.1 Å². The second-order valence-electron chi connectivity index (χ2n) is 3.19. The highest BCUT2D eigenvalue weighted by Crippen LogP contribution is 2.01. The first-order valence-electron chi connectivity index (χ1n) is 4.81. The smallest absolute Gasteiger partial charge is 0.237 e. The number of hydrogen-bond acceptors (Lipinski definition) is 2. The Bertz CT molecular complexity index is 285. The van der Waals surface area contributed by atoms with Gasteiger partial charge in [0.15, 0.2) is 0 Å². The molecule has 0 fully saturated rings. The maximum Gasteiger partial charge on any atom is 0.237 e. The van der Waals surface area contributed by atoms with Gasteiger partial charge in [-0.1, -0.05) is 30.3 Å². The van der Waals surface area contributed by atoms with Crippen LogP contribution in [-0.4, -0.2) is 18.5 Å². The van der Waals surface area contributed by atoms with Crippen LogP contribution in [0.5, 0.6) is 0 Å². The van der Waals surface area contributed by atoms with E-state index in [1.165, 1.54) is 0 Å². The van der Waals surface area contributed by atoms with E-state index in [9.17, 15) is 4.79 Å². The molecule has 0 aliphatic carbocycles. The molecule has 0 aromatic heterocycles. The molecule has 0 aliphatic heterocycles. The fourth-order valence-electron chi connectivity index (χ4n) is 1.27. The molecule has 0 heterocycles. The van der Waals surface area contributed by atoms with Crippen molar-refractivity contribution >= 4 is 5.91 Å². The molecule has 1 aromatic carbocycles. The van der Waals surface area contributed by atoms with Crippen molar-refractivity contribution in [3.05, 3.63) is 35.9 Å². The molecule has 0 bridgehead atoms. The molecule has 76 valence electrons. The molecule has 0 spiro atoms. The lowest BCUT2D eigenvalue weighted by Crippen LogP contribution is -2.41. The summed E-state index contributed by atoms with van der Waals surface area (Å²) in [6.07, 6.45) is 0.590. The Morgan fingerprint density at radius 1 is 1.43 bits per heavy atom. The molecule has 3 heteroatoms. The third kappa shape index (κ3) is 3.18. The second-order valence-corrected chi connectivity index (χ2v) is 3.19. The minimum Gasteiger partial charge on any atom is -0.355 e. The first kappa shape index (κ1) is 10.7. The molecule has 0 saturated carbocycles. The van der Waals surface area contributed by atoms with Crippen molar-refractivity contribution in [1.29, 1.82) is 0 Å². The monoisotopic (exact) mass is 192 g/mol. The average molecular weight is 192 g/mol. The molecule has 0 saturated heterocycles. The summed E-state index contributed by atoms with van der Waals surface area (Å²) in [7, 11) is 0. The maximum absolute atomic E-state index is 11.3. The number of benzene rings is 1. The quantitative estimate of drug-likeness (QED) is 0.737. The predicted octanol–water partition coefficient (Wildman–Crippen LogP) is 0.693. The Morgan fingerprint density at radius 3 is 2.64 bits per heavy atom. The van der Waals surface area contributed by atoms with E-state index in [4.69, 9.17) is 5.73 Å².